The highest BCUT2D eigenvalue weighted by Crippen LogP contribution is 2.22. The van der Waals surface area contributed by atoms with Crippen molar-refractivity contribution in [3.8, 4) is 0 Å². The molecule has 1 aromatic carbocycles. The van der Waals surface area contributed by atoms with Gasteiger partial charge in [-0.3, -0.25) is 9.59 Å². The van der Waals surface area contributed by atoms with Gasteiger partial charge >= 0.3 is 0 Å². The van der Waals surface area contributed by atoms with E-state index in [-0.39, 0.29) is 30.1 Å². The molecule has 0 spiro atoms. The second-order valence-electron chi connectivity index (χ2n) is 7.54. The van der Waals surface area contributed by atoms with Crippen LogP contribution in [0.1, 0.15) is 41.6 Å². The average molecular weight is 434 g/mol. The van der Waals surface area contributed by atoms with Crippen molar-refractivity contribution in [3.63, 3.8) is 0 Å². The fraction of sp³-hybridized carbons (Fsp3) is 0.478. The zero-order valence-corrected chi connectivity index (χ0v) is 18.4. The van der Waals surface area contributed by atoms with Gasteiger partial charge in [0.2, 0.25) is 5.91 Å². The fourth-order valence-corrected chi connectivity index (χ4v) is 3.82. The molecule has 0 atom stereocenters. The lowest BCUT2D eigenvalue weighted by Gasteiger charge is -2.34. The van der Waals surface area contributed by atoms with E-state index in [1.807, 2.05) is 36.1 Å². The molecule has 7 heteroatoms. The Labute approximate surface area is 184 Å². The van der Waals surface area contributed by atoms with Gasteiger partial charge in [0.15, 0.2) is 5.76 Å². The molecule has 3 rings (SSSR count). The van der Waals surface area contributed by atoms with Crippen LogP contribution in [0.3, 0.4) is 0 Å². The van der Waals surface area contributed by atoms with Crippen molar-refractivity contribution in [1.82, 2.24) is 9.80 Å². The van der Waals surface area contributed by atoms with E-state index in [2.05, 4.69) is 12.1 Å². The number of likely N-dealkylation sites (tertiary alicyclic amines) is 1. The molecule has 0 bridgehead atoms. The summed E-state index contributed by atoms with van der Waals surface area (Å²) in [6.45, 7) is 4.84. The molecule has 1 aliphatic rings. The molecule has 2 heterocycles. The van der Waals surface area contributed by atoms with Gasteiger partial charge in [0.1, 0.15) is 5.76 Å². The average Bonchev–Trinajstić information content (AvgIpc) is 3.26. The van der Waals surface area contributed by atoms with Crippen molar-refractivity contribution >= 4 is 24.2 Å². The number of hydrogen-bond acceptors (Lipinski definition) is 4. The fourth-order valence-electron chi connectivity index (χ4n) is 3.82. The third-order valence-corrected chi connectivity index (χ3v) is 5.58. The van der Waals surface area contributed by atoms with Gasteiger partial charge in [-0.1, -0.05) is 37.3 Å². The predicted molar refractivity (Wildman–Crippen MR) is 120 cm³/mol. The third-order valence-electron chi connectivity index (χ3n) is 5.58. The lowest BCUT2D eigenvalue weighted by Crippen LogP contribution is -2.46. The van der Waals surface area contributed by atoms with E-state index in [9.17, 15) is 9.59 Å². The zero-order valence-electron chi connectivity index (χ0n) is 17.6. The van der Waals surface area contributed by atoms with Crippen LogP contribution in [0.25, 0.3) is 0 Å². The van der Waals surface area contributed by atoms with Gasteiger partial charge in [0.05, 0.1) is 0 Å². The van der Waals surface area contributed by atoms with Gasteiger partial charge in [-0.2, -0.15) is 0 Å². The van der Waals surface area contributed by atoms with Crippen LogP contribution in [0.5, 0.6) is 0 Å². The number of rotatable bonds is 8. The Morgan fingerprint density at radius 2 is 1.80 bits per heavy atom. The Bertz CT molecular complexity index is 801. The first kappa shape index (κ1) is 24.0. The number of hydrogen-bond donors (Lipinski definition) is 1. The minimum absolute atomic E-state index is 0. The molecular formula is C23H32ClN3O3. The Balaban J connectivity index is 0.00000320. The van der Waals surface area contributed by atoms with Crippen LogP contribution in [0.4, 0.5) is 0 Å². The van der Waals surface area contributed by atoms with Crippen LogP contribution in [-0.4, -0.2) is 54.3 Å². The van der Waals surface area contributed by atoms with Gasteiger partial charge < -0.3 is 20.0 Å². The molecule has 30 heavy (non-hydrogen) atoms. The third kappa shape index (κ3) is 6.09. The van der Waals surface area contributed by atoms with E-state index < -0.39 is 0 Å². The van der Waals surface area contributed by atoms with Crippen LogP contribution < -0.4 is 5.73 Å². The maximum absolute atomic E-state index is 13.0. The first-order chi connectivity index (χ1) is 14.1. The van der Waals surface area contributed by atoms with Crippen molar-refractivity contribution in [3.05, 3.63) is 59.5 Å². The zero-order chi connectivity index (χ0) is 20.6. The van der Waals surface area contributed by atoms with E-state index in [0.29, 0.717) is 51.3 Å². The standard InChI is InChI=1S/C23H31N3O3.ClH/c1-2-20-8-9-21(29-20)23(28)25-15-11-19(12-16-25)22(27)26(17-13-24)14-10-18-6-4-3-5-7-18;/h3-9,19H,2,10-17,24H2,1H3;1H. The van der Waals surface area contributed by atoms with Crippen molar-refractivity contribution in [2.24, 2.45) is 11.7 Å². The Morgan fingerprint density at radius 3 is 2.40 bits per heavy atom. The van der Waals surface area contributed by atoms with Crippen LogP contribution in [-0.2, 0) is 17.6 Å². The van der Waals surface area contributed by atoms with Crippen molar-refractivity contribution < 1.29 is 14.0 Å². The van der Waals surface area contributed by atoms with Crippen molar-refractivity contribution in [2.45, 2.75) is 32.6 Å². The number of furan rings is 1. The second kappa shape index (κ2) is 11.8. The van der Waals surface area contributed by atoms with E-state index in [1.54, 1.807) is 11.0 Å². The minimum atomic E-state index is -0.0847. The molecule has 1 fully saturated rings. The molecule has 2 amide bonds. The molecule has 0 saturated carbocycles. The van der Waals surface area contributed by atoms with E-state index >= 15 is 0 Å². The van der Waals surface area contributed by atoms with Crippen molar-refractivity contribution in [1.29, 1.82) is 0 Å². The molecule has 0 unspecified atom stereocenters. The lowest BCUT2D eigenvalue weighted by molar-refractivity contribution is -0.136. The molecule has 164 valence electrons. The quantitative estimate of drug-likeness (QED) is 0.693. The number of carbonyl (C=O) groups is 2. The normalized spacial score (nSPS) is 14.3. The van der Waals surface area contributed by atoms with Crippen LogP contribution in [0.2, 0.25) is 0 Å². The summed E-state index contributed by atoms with van der Waals surface area (Å²) >= 11 is 0. The van der Waals surface area contributed by atoms with Gasteiger partial charge in [-0.25, -0.2) is 0 Å². The summed E-state index contributed by atoms with van der Waals surface area (Å²) in [7, 11) is 0. The highest BCUT2D eigenvalue weighted by molar-refractivity contribution is 5.91. The maximum atomic E-state index is 13.0. The molecule has 1 saturated heterocycles. The summed E-state index contributed by atoms with van der Waals surface area (Å²) in [5, 5.41) is 0. The number of halogens is 1. The smallest absolute Gasteiger partial charge is 0.289 e. The summed E-state index contributed by atoms with van der Waals surface area (Å²) in [5.74, 6) is 1.22. The monoisotopic (exact) mass is 433 g/mol. The van der Waals surface area contributed by atoms with E-state index in [4.69, 9.17) is 10.2 Å². The summed E-state index contributed by atoms with van der Waals surface area (Å²) in [6, 6.07) is 13.8. The molecular weight excluding hydrogens is 402 g/mol. The summed E-state index contributed by atoms with van der Waals surface area (Å²) in [4.78, 5) is 29.3. The van der Waals surface area contributed by atoms with Gasteiger partial charge in [-0.05, 0) is 37.0 Å². The molecule has 0 aliphatic carbocycles. The van der Waals surface area contributed by atoms with Gasteiger partial charge in [0, 0.05) is 45.1 Å². The van der Waals surface area contributed by atoms with Gasteiger partial charge in [0.25, 0.3) is 5.91 Å². The SMILES string of the molecule is CCc1ccc(C(=O)N2CCC(C(=O)N(CCN)CCc3ccccc3)CC2)o1.Cl. The largest absolute Gasteiger partial charge is 0.456 e. The van der Waals surface area contributed by atoms with E-state index in [0.717, 1.165) is 18.6 Å². The summed E-state index contributed by atoms with van der Waals surface area (Å²) in [5.41, 5.74) is 6.96. The number of nitrogens with zero attached hydrogens (tertiary/aromatic N) is 2. The molecule has 1 aromatic heterocycles. The maximum Gasteiger partial charge on any atom is 0.289 e. The highest BCUT2D eigenvalue weighted by atomic mass is 35.5. The Kier molecular flexibility index (Phi) is 9.40. The topological polar surface area (TPSA) is 79.8 Å². The molecule has 6 nitrogen and oxygen atoms in total. The molecule has 2 N–H and O–H groups in total. The number of piperidine rings is 1. The van der Waals surface area contributed by atoms with Crippen LogP contribution in [0.15, 0.2) is 46.9 Å². The molecule has 1 aliphatic heterocycles. The Hall–Kier alpha value is -2.31. The van der Waals surface area contributed by atoms with E-state index in [1.165, 1.54) is 5.56 Å². The predicted octanol–water partition coefficient (Wildman–Crippen LogP) is 3.15. The minimum Gasteiger partial charge on any atom is -0.456 e. The molecule has 0 radical (unpaired) electrons. The first-order valence-electron chi connectivity index (χ1n) is 10.5. The number of carbonyl (C=O) groups excluding carboxylic acids is 2. The summed E-state index contributed by atoms with van der Waals surface area (Å²) in [6.07, 6.45) is 2.95. The van der Waals surface area contributed by atoms with Crippen LogP contribution >= 0.6 is 12.4 Å². The lowest BCUT2D eigenvalue weighted by atomic mass is 9.94. The number of nitrogens with two attached hydrogens (primary N) is 1. The summed E-state index contributed by atoms with van der Waals surface area (Å²) < 4.78 is 5.59. The first-order valence-corrected chi connectivity index (χ1v) is 10.5. The second-order valence-corrected chi connectivity index (χ2v) is 7.54. The number of amides is 2. The number of aryl methyl sites for hydroxylation is 1. The molecule has 2 aromatic rings. The van der Waals surface area contributed by atoms with Gasteiger partial charge in [-0.15, -0.1) is 12.4 Å². The Morgan fingerprint density at radius 1 is 1.10 bits per heavy atom. The number of benzene rings is 1. The highest BCUT2D eigenvalue weighted by Gasteiger charge is 2.31. The van der Waals surface area contributed by atoms with Crippen LogP contribution in [0, 0.1) is 5.92 Å². The van der Waals surface area contributed by atoms with Crippen molar-refractivity contribution in [2.75, 3.05) is 32.7 Å².